The molecule has 16 heavy (non-hydrogen) atoms. The fourth-order valence-corrected chi connectivity index (χ4v) is 2.17. The number of aliphatic hydroxyl groups is 1. The molecule has 0 fully saturated rings. The molecule has 2 aliphatic carbocycles. The van der Waals surface area contributed by atoms with Crippen LogP contribution < -0.4 is 0 Å². The maximum Gasteiger partial charge on any atom is 0.0884 e. The minimum Gasteiger partial charge on any atom is -0.394 e. The molecule has 0 saturated carbocycles. The molecule has 0 saturated heterocycles. The van der Waals surface area contributed by atoms with Crippen LogP contribution in [0.1, 0.15) is 0 Å². The summed E-state index contributed by atoms with van der Waals surface area (Å²) < 4.78 is 0. The molecule has 0 aromatic carbocycles. The maximum atomic E-state index is 9.73. The van der Waals surface area contributed by atoms with Gasteiger partial charge in [0.25, 0.3) is 0 Å². The summed E-state index contributed by atoms with van der Waals surface area (Å²) in [7, 11) is 3.98. The van der Waals surface area contributed by atoms with Gasteiger partial charge in [0, 0.05) is 0 Å². The molecule has 84 valence electrons. The smallest absolute Gasteiger partial charge is 0.0884 e. The Labute approximate surface area is 96.6 Å². The van der Waals surface area contributed by atoms with Crippen molar-refractivity contribution in [2.24, 2.45) is 0 Å². The van der Waals surface area contributed by atoms with E-state index in [-0.39, 0.29) is 6.61 Å². The van der Waals surface area contributed by atoms with E-state index in [1.54, 1.807) is 0 Å². The molecule has 1 atom stereocenters. The van der Waals surface area contributed by atoms with Gasteiger partial charge in [0.1, 0.15) is 0 Å². The molecule has 0 radical (unpaired) electrons. The molecule has 0 spiro atoms. The molecule has 2 heteroatoms. The molecular weight excluding hydrogens is 198 g/mol. The van der Waals surface area contributed by atoms with Crippen molar-refractivity contribution in [2.75, 3.05) is 20.7 Å². The van der Waals surface area contributed by atoms with Crippen molar-refractivity contribution in [3.8, 4) is 0 Å². The lowest BCUT2D eigenvalue weighted by molar-refractivity contribution is 0.138. The molecule has 0 amide bonds. The Balaban J connectivity index is 2.54. The molecule has 1 N–H and O–H groups in total. The molecule has 0 aliphatic heterocycles. The largest absolute Gasteiger partial charge is 0.394 e. The summed E-state index contributed by atoms with van der Waals surface area (Å²) in [5, 5.41) is 9.73. The fraction of sp³-hybridized carbons (Fsp3) is 0.286. The van der Waals surface area contributed by atoms with Crippen molar-refractivity contribution in [1.82, 2.24) is 4.90 Å². The van der Waals surface area contributed by atoms with Crippen LogP contribution >= 0.6 is 0 Å². The second-order valence-corrected chi connectivity index (χ2v) is 4.28. The van der Waals surface area contributed by atoms with Gasteiger partial charge in [-0.1, -0.05) is 48.6 Å². The molecule has 0 bridgehead atoms. The van der Waals surface area contributed by atoms with Crippen molar-refractivity contribution in [3.05, 3.63) is 59.8 Å². The molecule has 2 aliphatic rings. The minimum absolute atomic E-state index is 0.0847. The Morgan fingerprint density at radius 3 is 2.62 bits per heavy atom. The topological polar surface area (TPSA) is 23.5 Å². The lowest BCUT2D eigenvalue weighted by atomic mass is 9.80. The zero-order chi connectivity index (χ0) is 11.6. The second-order valence-electron chi connectivity index (χ2n) is 4.28. The lowest BCUT2D eigenvalue weighted by Crippen LogP contribution is -2.48. The first-order valence-corrected chi connectivity index (χ1v) is 5.44. The Bertz CT molecular complexity index is 424. The highest BCUT2D eigenvalue weighted by Crippen LogP contribution is 2.34. The number of nitrogens with zero attached hydrogens (tertiary/aromatic N) is 1. The van der Waals surface area contributed by atoms with Crippen LogP contribution in [0.25, 0.3) is 0 Å². The SMILES string of the molecule is CN(C)C1(CO)C=CC=C2C=CC=CC=C21. The standard InChI is InChI=1S/C14H17NO/c1-15(2)14(11-16)10-6-8-12-7-4-3-5-9-13(12)14/h3-10,16H,11H2,1-2H3. The summed E-state index contributed by atoms with van der Waals surface area (Å²) in [5.41, 5.74) is 1.91. The second kappa shape index (κ2) is 4.24. The summed E-state index contributed by atoms with van der Waals surface area (Å²) in [6.07, 6.45) is 16.3. The molecule has 1 unspecified atom stereocenters. The number of hydrogen-bond acceptors (Lipinski definition) is 2. The summed E-state index contributed by atoms with van der Waals surface area (Å²) in [4.78, 5) is 2.05. The van der Waals surface area contributed by atoms with Gasteiger partial charge in [-0.3, -0.25) is 4.90 Å². The third-order valence-electron chi connectivity index (χ3n) is 3.23. The van der Waals surface area contributed by atoms with Gasteiger partial charge in [-0.05, 0) is 25.2 Å². The van der Waals surface area contributed by atoms with E-state index in [4.69, 9.17) is 0 Å². The van der Waals surface area contributed by atoms with E-state index in [2.05, 4.69) is 29.2 Å². The van der Waals surface area contributed by atoms with Gasteiger partial charge in [-0.25, -0.2) is 0 Å². The van der Waals surface area contributed by atoms with Gasteiger partial charge >= 0.3 is 0 Å². The lowest BCUT2D eigenvalue weighted by Gasteiger charge is -2.40. The predicted octanol–water partition coefficient (Wildman–Crippen LogP) is 1.83. The van der Waals surface area contributed by atoms with Crippen molar-refractivity contribution >= 4 is 0 Å². The molecule has 0 aromatic heterocycles. The van der Waals surface area contributed by atoms with Gasteiger partial charge in [0.2, 0.25) is 0 Å². The average molecular weight is 215 g/mol. The number of rotatable bonds is 2. The van der Waals surface area contributed by atoms with Crippen molar-refractivity contribution in [3.63, 3.8) is 0 Å². The van der Waals surface area contributed by atoms with Crippen LogP contribution in [0.4, 0.5) is 0 Å². The average Bonchev–Trinajstić information content (AvgIpc) is 2.53. The Kier molecular flexibility index (Phi) is 2.95. The van der Waals surface area contributed by atoms with Gasteiger partial charge in [0.05, 0.1) is 12.1 Å². The van der Waals surface area contributed by atoms with E-state index in [0.29, 0.717) is 0 Å². The predicted molar refractivity (Wildman–Crippen MR) is 67.1 cm³/mol. The normalized spacial score (nSPS) is 27.5. The van der Waals surface area contributed by atoms with Crippen molar-refractivity contribution < 1.29 is 5.11 Å². The first-order chi connectivity index (χ1) is 7.70. The highest BCUT2D eigenvalue weighted by Gasteiger charge is 2.35. The quantitative estimate of drug-likeness (QED) is 0.759. The minimum atomic E-state index is -0.400. The zero-order valence-corrected chi connectivity index (χ0v) is 9.72. The van der Waals surface area contributed by atoms with E-state index in [9.17, 15) is 5.11 Å². The number of allylic oxidation sites excluding steroid dienone is 7. The third-order valence-corrected chi connectivity index (χ3v) is 3.23. The van der Waals surface area contributed by atoms with Crippen LogP contribution in [-0.4, -0.2) is 36.2 Å². The van der Waals surface area contributed by atoms with E-state index in [1.165, 1.54) is 0 Å². The zero-order valence-electron chi connectivity index (χ0n) is 9.72. The highest BCUT2D eigenvalue weighted by atomic mass is 16.3. The van der Waals surface area contributed by atoms with Crippen LogP contribution in [0.3, 0.4) is 0 Å². The molecule has 2 nitrogen and oxygen atoms in total. The monoisotopic (exact) mass is 215 g/mol. The molecular formula is C14H17NO. The van der Waals surface area contributed by atoms with Crippen LogP contribution in [-0.2, 0) is 0 Å². The molecule has 0 aromatic rings. The molecule has 2 rings (SSSR count). The third kappa shape index (κ3) is 1.60. The van der Waals surface area contributed by atoms with Gasteiger partial charge in [-0.15, -0.1) is 0 Å². The van der Waals surface area contributed by atoms with Crippen LogP contribution in [0.15, 0.2) is 59.8 Å². The Morgan fingerprint density at radius 2 is 1.94 bits per heavy atom. The molecule has 0 heterocycles. The van der Waals surface area contributed by atoms with Crippen LogP contribution in [0.2, 0.25) is 0 Å². The summed E-state index contributed by atoms with van der Waals surface area (Å²) in [5.74, 6) is 0. The van der Waals surface area contributed by atoms with Gasteiger partial charge < -0.3 is 5.11 Å². The number of likely N-dealkylation sites (N-methyl/N-ethyl adjacent to an activating group) is 1. The Morgan fingerprint density at radius 1 is 1.12 bits per heavy atom. The highest BCUT2D eigenvalue weighted by molar-refractivity contribution is 5.57. The number of fused-ring (bicyclic) bond motifs is 1. The summed E-state index contributed by atoms with van der Waals surface area (Å²) >= 11 is 0. The van der Waals surface area contributed by atoms with E-state index in [1.807, 2.05) is 38.4 Å². The summed E-state index contributed by atoms with van der Waals surface area (Å²) in [6.45, 7) is 0.0847. The van der Waals surface area contributed by atoms with Gasteiger partial charge in [0.15, 0.2) is 0 Å². The van der Waals surface area contributed by atoms with E-state index < -0.39 is 5.54 Å². The van der Waals surface area contributed by atoms with E-state index in [0.717, 1.165) is 11.1 Å². The van der Waals surface area contributed by atoms with E-state index >= 15 is 0 Å². The number of aliphatic hydroxyl groups excluding tert-OH is 1. The Hall–Kier alpha value is -1.38. The van der Waals surface area contributed by atoms with Crippen molar-refractivity contribution in [2.45, 2.75) is 5.54 Å². The first kappa shape index (κ1) is 11.1. The fourth-order valence-electron chi connectivity index (χ4n) is 2.17. The summed E-state index contributed by atoms with van der Waals surface area (Å²) in [6, 6.07) is 0. The van der Waals surface area contributed by atoms with Crippen LogP contribution in [0.5, 0.6) is 0 Å². The maximum absolute atomic E-state index is 9.73. The van der Waals surface area contributed by atoms with Crippen LogP contribution in [0, 0.1) is 0 Å². The number of hydrogen-bond donors (Lipinski definition) is 1. The van der Waals surface area contributed by atoms with Crippen molar-refractivity contribution in [1.29, 1.82) is 0 Å². The first-order valence-electron chi connectivity index (χ1n) is 5.44. The van der Waals surface area contributed by atoms with Gasteiger partial charge in [-0.2, -0.15) is 0 Å².